The van der Waals surface area contributed by atoms with Gasteiger partial charge in [0.2, 0.25) is 0 Å². The Morgan fingerprint density at radius 2 is 1.55 bits per heavy atom. The molecular formula is C56H61NO5. The van der Waals surface area contributed by atoms with Crippen LogP contribution in [0.5, 0.6) is 0 Å². The third-order valence-corrected chi connectivity index (χ3v) is 13.8. The highest BCUT2D eigenvalue weighted by Crippen LogP contribution is 2.59. The number of aliphatic hydroxyl groups is 3. The maximum absolute atomic E-state index is 15.2. The lowest BCUT2D eigenvalue weighted by Crippen LogP contribution is -2.53. The van der Waals surface area contributed by atoms with E-state index in [0.29, 0.717) is 69.5 Å². The van der Waals surface area contributed by atoms with Crippen LogP contribution in [-0.2, 0) is 24.3 Å². The third-order valence-electron chi connectivity index (χ3n) is 13.8. The predicted molar refractivity (Wildman–Crippen MR) is 250 cm³/mol. The molecule has 62 heavy (non-hydrogen) atoms. The van der Waals surface area contributed by atoms with Crippen molar-refractivity contribution >= 4 is 16.6 Å². The number of benzene rings is 6. The minimum Gasteiger partial charge on any atom is -0.393 e. The Bertz CT molecular complexity index is 2480. The molecule has 6 aromatic rings. The standard InChI is InChI=1S/C56H61NO5/c1-40-15-14-31-55(2)53(50-29-27-42(33-46(58)28-26-40)34-52(50)54(60)51-25-12-11-24-49(51)44-18-7-4-8-19-44)30-32-56(55,61)39-57(35-45-22-13-21-43-20-9-10-23-48(43)45)36-47(59)38-62-37-41-16-5-3-6-17-41/h3-13,15-25,27,29,34,46-47,53,58-59,61H,14,26,28,30-33,35-39H2,1-2H3. The molecule has 320 valence electrons. The highest BCUT2D eigenvalue weighted by Gasteiger charge is 2.57. The van der Waals surface area contributed by atoms with Crippen molar-refractivity contribution in [2.24, 2.45) is 5.41 Å². The second-order valence-corrected chi connectivity index (χ2v) is 18.2. The van der Waals surface area contributed by atoms with Gasteiger partial charge >= 0.3 is 0 Å². The van der Waals surface area contributed by atoms with Crippen molar-refractivity contribution in [2.75, 3.05) is 19.7 Å². The molecule has 0 heterocycles. The van der Waals surface area contributed by atoms with Crippen molar-refractivity contribution in [3.63, 3.8) is 0 Å². The molecule has 0 aromatic heterocycles. The molecule has 5 unspecified atom stereocenters. The molecule has 0 spiro atoms. The summed E-state index contributed by atoms with van der Waals surface area (Å²) in [7, 11) is 0. The van der Waals surface area contributed by atoms with Gasteiger partial charge in [-0.05, 0) is 108 Å². The number of rotatable bonds is 13. The third kappa shape index (κ3) is 9.71. The zero-order valence-corrected chi connectivity index (χ0v) is 36.3. The number of allylic oxidation sites excluding steroid dienone is 2. The molecule has 3 N–H and O–H groups in total. The van der Waals surface area contributed by atoms with Gasteiger partial charge in [0, 0.05) is 36.2 Å². The number of fused-ring (bicyclic) bond motifs is 9. The normalized spacial score (nSPS) is 22.3. The van der Waals surface area contributed by atoms with Gasteiger partial charge in [0.25, 0.3) is 0 Å². The minimum atomic E-state index is -1.16. The van der Waals surface area contributed by atoms with Crippen molar-refractivity contribution in [1.82, 2.24) is 4.90 Å². The van der Waals surface area contributed by atoms with E-state index in [9.17, 15) is 15.3 Å². The van der Waals surface area contributed by atoms with Crippen molar-refractivity contribution in [2.45, 2.75) is 95.7 Å². The van der Waals surface area contributed by atoms with Crippen LogP contribution in [0, 0.1) is 5.41 Å². The van der Waals surface area contributed by atoms with Crippen molar-refractivity contribution < 1.29 is 24.9 Å². The second kappa shape index (κ2) is 19.5. The second-order valence-electron chi connectivity index (χ2n) is 18.2. The van der Waals surface area contributed by atoms with E-state index in [4.69, 9.17) is 4.74 Å². The zero-order valence-electron chi connectivity index (χ0n) is 36.3. The van der Waals surface area contributed by atoms with Crippen LogP contribution in [0.15, 0.2) is 157 Å². The fourth-order valence-corrected chi connectivity index (χ4v) is 10.4. The van der Waals surface area contributed by atoms with Crippen molar-refractivity contribution in [1.29, 1.82) is 0 Å². The fourth-order valence-electron chi connectivity index (χ4n) is 10.4. The molecule has 1 fully saturated rings. The Kier molecular flexibility index (Phi) is 13.6. The van der Waals surface area contributed by atoms with Gasteiger partial charge in [0.1, 0.15) is 0 Å². The number of carbonyl (C=O) groups is 1. The van der Waals surface area contributed by atoms with Crippen LogP contribution in [-0.4, -0.2) is 63.5 Å². The number of nitrogens with zero attached hydrogens (tertiary/aromatic N) is 1. The first-order valence-electron chi connectivity index (χ1n) is 22.5. The number of aliphatic hydroxyl groups excluding tert-OH is 2. The SMILES string of the molecule is CC1=CCCC2(C)C(CCC2(O)CN(Cc2cccc3ccccc23)CC(O)COCc2ccccc2)c2ccc(cc2C(=O)c2ccccc2-c2ccccc2)CC(O)CC1. The van der Waals surface area contributed by atoms with Crippen LogP contribution in [0.25, 0.3) is 21.9 Å². The molecule has 3 aliphatic rings. The summed E-state index contributed by atoms with van der Waals surface area (Å²) in [6.07, 6.45) is 5.54. The largest absolute Gasteiger partial charge is 0.393 e. The van der Waals surface area contributed by atoms with E-state index in [0.717, 1.165) is 57.0 Å². The molecule has 0 aliphatic heterocycles. The minimum absolute atomic E-state index is 0.0485. The Morgan fingerprint density at radius 1 is 0.823 bits per heavy atom. The molecule has 0 radical (unpaired) electrons. The molecule has 6 aromatic carbocycles. The summed E-state index contributed by atoms with van der Waals surface area (Å²) >= 11 is 0. The Balaban J connectivity index is 1.17. The average molecular weight is 828 g/mol. The monoisotopic (exact) mass is 827 g/mol. The Labute approximate surface area is 367 Å². The molecule has 2 bridgehead atoms. The smallest absolute Gasteiger partial charge is 0.193 e. The van der Waals surface area contributed by atoms with Gasteiger partial charge in [-0.3, -0.25) is 9.69 Å². The van der Waals surface area contributed by atoms with Gasteiger partial charge in [-0.15, -0.1) is 0 Å². The lowest BCUT2D eigenvalue weighted by molar-refractivity contribution is -0.0922. The molecule has 0 saturated heterocycles. The molecule has 0 amide bonds. The summed E-state index contributed by atoms with van der Waals surface area (Å²) in [5, 5.41) is 38.6. The molecular weight excluding hydrogens is 767 g/mol. The first-order valence-corrected chi connectivity index (χ1v) is 22.5. The maximum Gasteiger partial charge on any atom is 0.193 e. The van der Waals surface area contributed by atoms with Gasteiger partial charge in [0.05, 0.1) is 31.0 Å². The summed E-state index contributed by atoms with van der Waals surface area (Å²) in [4.78, 5) is 17.4. The summed E-state index contributed by atoms with van der Waals surface area (Å²) < 4.78 is 6.05. The molecule has 6 nitrogen and oxygen atoms in total. The van der Waals surface area contributed by atoms with Crippen LogP contribution in [0.2, 0.25) is 0 Å². The summed E-state index contributed by atoms with van der Waals surface area (Å²) in [5.74, 6) is -0.183. The number of hydrogen-bond acceptors (Lipinski definition) is 6. The van der Waals surface area contributed by atoms with Crippen LogP contribution >= 0.6 is 0 Å². The zero-order chi connectivity index (χ0) is 43.1. The lowest BCUT2D eigenvalue weighted by atomic mass is 9.64. The number of hydrogen-bond donors (Lipinski definition) is 3. The van der Waals surface area contributed by atoms with E-state index < -0.39 is 23.2 Å². The maximum atomic E-state index is 15.2. The van der Waals surface area contributed by atoms with Crippen LogP contribution < -0.4 is 0 Å². The predicted octanol–water partition coefficient (Wildman–Crippen LogP) is 10.9. The summed E-state index contributed by atoms with van der Waals surface area (Å²) in [6.45, 7) is 6.15. The van der Waals surface area contributed by atoms with Gasteiger partial charge in [-0.2, -0.15) is 0 Å². The van der Waals surface area contributed by atoms with E-state index in [-0.39, 0.29) is 18.3 Å². The highest BCUT2D eigenvalue weighted by atomic mass is 16.5. The molecule has 1 saturated carbocycles. The number of carbonyl (C=O) groups excluding carboxylic acids is 1. The topological polar surface area (TPSA) is 90.2 Å². The molecule has 3 aliphatic carbocycles. The number of ketones is 1. The molecule has 9 rings (SSSR count). The van der Waals surface area contributed by atoms with Crippen molar-refractivity contribution in [3.05, 3.63) is 191 Å². The van der Waals surface area contributed by atoms with Gasteiger partial charge in [-0.1, -0.05) is 158 Å². The first kappa shape index (κ1) is 43.4. The van der Waals surface area contributed by atoms with Gasteiger partial charge in [0.15, 0.2) is 5.78 Å². The van der Waals surface area contributed by atoms with Crippen LogP contribution in [0.4, 0.5) is 0 Å². The van der Waals surface area contributed by atoms with Gasteiger partial charge < -0.3 is 20.1 Å². The summed E-state index contributed by atoms with van der Waals surface area (Å²) in [6, 6.07) is 48.9. The quantitative estimate of drug-likeness (QED) is 0.0794. The fraction of sp³-hybridized carbons (Fsp3) is 0.339. The Hall–Kier alpha value is -5.21. The van der Waals surface area contributed by atoms with Crippen LogP contribution in [0.3, 0.4) is 0 Å². The Morgan fingerprint density at radius 3 is 2.37 bits per heavy atom. The van der Waals surface area contributed by atoms with E-state index in [1.54, 1.807) is 0 Å². The highest BCUT2D eigenvalue weighted by molar-refractivity contribution is 6.14. The van der Waals surface area contributed by atoms with Crippen LogP contribution in [0.1, 0.15) is 96.5 Å². The van der Waals surface area contributed by atoms with E-state index in [1.807, 2.05) is 91.0 Å². The lowest BCUT2D eigenvalue weighted by Gasteiger charge is -2.46. The van der Waals surface area contributed by atoms with E-state index in [1.165, 1.54) is 5.57 Å². The average Bonchev–Trinajstić information content (AvgIpc) is 3.54. The number of ether oxygens (including phenoxy) is 1. The first-order chi connectivity index (χ1) is 30.1. The van der Waals surface area contributed by atoms with E-state index >= 15 is 4.79 Å². The van der Waals surface area contributed by atoms with Crippen molar-refractivity contribution in [3.8, 4) is 11.1 Å². The van der Waals surface area contributed by atoms with Gasteiger partial charge in [-0.25, -0.2) is 0 Å². The van der Waals surface area contributed by atoms with E-state index in [2.05, 4.69) is 79.4 Å². The molecule has 5 atom stereocenters. The summed E-state index contributed by atoms with van der Waals surface area (Å²) in [5.41, 5.74) is 6.63. The molecule has 6 heteroatoms.